The lowest BCUT2D eigenvalue weighted by molar-refractivity contribution is -0.137. The Morgan fingerprint density at radius 3 is 2.88 bits per heavy atom. The quantitative estimate of drug-likeness (QED) is 0.915. The van der Waals surface area contributed by atoms with Crippen LogP contribution in [0.15, 0.2) is 18.3 Å². The number of piperidine rings is 1. The largest absolute Gasteiger partial charge is 0.417 e. The molecule has 1 amide bonds. The number of nitrogens with zero attached hydrogens (tertiary/aromatic N) is 4. The molecule has 1 unspecified atom stereocenters. The molecule has 1 aliphatic rings. The minimum absolute atomic E-state index is 0.0173. The summed E-state index contributed by atoms with van der Waals surface area (Å²) >= 11 is 0. The standard InChI is InChI=1S/C16H20F3N5O/c1-2-7-20-14(25)11-4-3-8-23(9-11)15-22-21-13-6-5-12(10-24(13)15)16(17,18)19/h5-6,10-11H,2-4,7-9H2,1H3,(H,20,25). The van der Waals surface area contributed by atoms with Crippen LogP contribution in [0.25, 0.3) is 5.65 Å². The van der Waals surface area contributed by atoms with Crippen molar-refractivity contribution in [1.29, 1.82) is 0 Å². The molecule has 9 heteroatoms. The average molecular weight is 355 g/mol. The summed E-state index contributed by atoms with van der Waals surface area (Å²) in [6.45, 7) is 3.66. The summed E-state index contributed by atoms with van der Waals surface area (Å²) in [5.74, 6) is 0.129. The topological polar surface area (TPSA) is 62.5 Å². The third-order valence-electron chi connectivity index (χ3n) is 4.34. The van der Waals surface area contributed by atoms with Crippen molar-refractivity contribution < 1.29 is 18.0 Å². The Morgan fingerprint density at radius 1 is 1.36 bits per heavy atom. The van der Waals surface area contributed by atoms with Gasteiger partial charge in [0.25, 0.3) is 0 Å². The van der Waals surface area contributed by atoms with Gasteiger partial charge in [0.05, 0.1) is 11.5 Å². The van der Waals surface area contributed by atoms with E-state index in [0.29, 0.717) is 31.2 Å². The molecule has 1 N–H and O–H groups in total. The van der Waals surface area contributed by atoms with Gasteiger partial charge in [-0.05, 0) is 31.4 Å². The van der Waals surface area contributed by atoms with Gasteiger partial charge in [-0.3, -0.25) is 9.20 Å². The maximum atomic E-state index is 13.0. The third-order valence-corrected chi connectivity index (χ3v) is 4.34. The van der Waals surface area contributed by atoms with Gasteiger partial charge in [0.1, 0.15) is 0 Å². The fraction of sp³-hybridized carbons (Fsp3) is 0.562. The molecule has 1 saturated heterocycles. The molecule has 0 bridgehead atoms. The molecule has 0 spiro atoms. The van der Waals surface area contributed by atoms with Crippen LogP contribution in [0.5, 0.6) is 0 Å². The van der Waals surface area contributed by atoms with E-state index in [9.17, 15) is 18.0 Å². The Bertz CT molecular complexity index is 758. The number of alkyl halides is 3. The first-order chi connectivity index (χ1) is 11.9. The first-order valence-electron chi connectivity index (χ1n) is 8.34. The molecule has 6 nitrogen and oxygen atoms in total. The van der Waals surface area contributed by atoms with Crippen LogP contribution < -0.4 is 10.2 Å². The number of anilines is 1. The molecule has 25 heavy (non-hydrogen) atoms. The number of rotatable bonds is 4. The molecular weight excluding hydrogens is 335 g/mol. The minimum Gasteiger partial charge on any atom is -0.356 e. The second kappa shape index (κ2) is 6.89. The Balaban J connectivity index is 1.84. The van der Waals surface area contributed by atoms with E-state index in [1.807, 2.05) is 11.8 Å². The second-order valence-electron chi connectivity index (χ2n) is 6.22. The van der Waals surface area contributed by atoms with Gasteiger partial charge in [-0.25, -0.2) is 0 Å². The van der Waals surface area contributed by atoms with Crippen LogP contribution in [0.3, 0.4) is 0 Å². The van der Waals surface area contributed by atoms with E-state index in [-0.39, 0.29) is 11.8 Å². The number of carbonyl (C=O) groups excluding carboxylic acids is 1. The number of pyridine rings is 1. The summed E-state index contributed by atoms with van der Waals surface area (Å²) in [5.41, 5.74) is -0.407. The van der Waals surface area contributed by atoms with Gasteiger partial charge in [-0.1, -0.05) is 6.92 Å². The molecule has 0 radical (unpaired) electrons. The summed E-state index contributed by atoms with van der Waals surface area (Å²) in [6.07, 6.45) is -1.03. The predicted octanol–water partition coefficient (Wildman–Crippen LogP) is 2.49. The van der Waals surface area contributed by atoms with Crippen LogP contribution in [0, 0.1) is 5.92 Å². The second-order valence-corrected chi connectivity index (χ2v) is 6.22. The van der Waals surface area contributed by atoms with Crippen LogP contribution in [0.4, 0.5) is 19.1 Å². The summed E-state index contributed by atoms with van der Waals surface area (Å²) in [6, 6.07) is 2.29. The third kappa shape index (κ3) is 3.69. The number of halogens is 3. The van der Waals surface area contributed by atoms with E-state index in [1.165, 1.54) is 10.5 Å². The Morgan fingerprint density at radius 2 is 2.16 bits per heavy atom. The SMILES string of the molecule is CCCNC(=O)C1CCCN(c2nnc3ccc(C(F)(F)F)cn23)C1. The van der Waals surface area contributed by atoms with Crippen molar-refractivity contribution >= 4 is 17.5 Å². The highest BCUT2D eigenvalue weighted by Crippen LogP contribution is 2.30. The summed E-state index contributed by atoms with van der Waals surface area (Å²) in [4.78, 5) is 14.0. The van der Waals surface area contributed by atoms with Gasteiger partial charge in [0, 0.05) is 25.8 Å². The Hall–Kier alpha value is -2.32. The van der Waals surface area contributed by atoms with Gasteiger partial charge in [-0.15, -0.1) is 10.2 Å². The molecule has 3 rings (SSSR count). The van der Waals surface area contributed by atoms with Gasteiger partial charge in [-0.2, -0.15) is 13.2 Å². The maximum Gasteiger partial charge on any atom is 0.417 e. The number of amides is 1. The first-order valence-corrected chi connectivity index (χ1v) is 8.34. The van der Waals surface area contributed by atoms with Crippen molar-refractivity contribution in [3.8, 4) is 0 Å². The van der Waals surface area contributed by atoms with Crippen molar-refractivity contribution in [2.24, 2.45) is 5.92 Å². The van der Waals surface area contributed by atoms with E-state index in [0.717, 1.165) is 31.5 Å². The highest BCUT2D eigenvalue weighted by Gasteiger charge is 2.32. The number of carbonyl (C=O) groups is 1. The predicted molar refractivity (Wildman–Crippen MR) is 86.2 cm³/mol. The fourth-order valence-corrected chi connectivity index (χ4v) is 3.03. The van der Waals surface area contributed by atoms with Gasteiger partial charge in [0.15, 0.2) is 5.65 Å². The van der Waals surface area contributed by atoms with E-state index in [1.54, 1.807) is 0 Å². The molecule has 0 aliphatic carbocycles. The molecule has 0 aromatic carbocycles. The average Bonchev–Trinajstić information content (AvgIpc) is 3.02. The van der Waals surface area contributed by atoms with Crippen molar-refractivity contribution in [3.05, 3.63) is 23.9 Å². The zero-order valence-electron chi connectivity index (χ0n) is 13.9. The highest BCUT2D eigenvalue weighted by atomic mass is 19.4. The van der Waals surface area contributed by atoms with Gasteiger partial charge in [0.2, 0.25) is 11.9 Å². The molecule has 136 valence electrons. The molecule has 0 saturated carbocycles. The lowest BCUT2D eigenvalue weighted by Crippen LogP contribution is -2.43. The zero-order chi connectivity index (χ0) is 18.0. The van der Waals surface area contributed by atoms with Crippen molar-refractivity contribution in [1.82, 2.24) is 19.9 Å². The van der Waals surface area contributed by atoms with Crippen LogP contribution in [-0.4, -0.2) is 40.1 Å². The summed E-state index contributed by atoms with van der Waals surface area (Å²) in [5, 5.41) is 10.9. The summed E-state index contributed by atoms with van der Waals surface area (Å²) in [7, 11) is 0. The number of fused-ring (bicyclic) bond motifs is 1. The van der Waals surface area contributed by atoms with E-state index in [4.69, 9.17) is 0 Å². The van der Waals surface area contributed by atoms with E-state index >= 15 is 0 Å². The van der Waals surface area contributed by atoms with E-state index < -0.39 is 11.7 Å². The van der Waals surface area contributed by atoms with Crippen LogP contribution in [0.2, 0.25) is 0 Å². The van der Waals surface area contributed by atoms with Gasteiger partial charge >= 0.3 is 6.18 Å². The number of hydrogen-bond donors (Lipinski definition) is 1. The smallest absolute Gasteiger partial charge is 0.356 e. The summed E-state index contributed by atoms with van der Waals surface area (Å²) < 4.78 is 40.2. The number of nitrogens with one attached hydrogen (secondary N) is 1. The lowest BCUT2D eigenvalue weighted by atomic mass is 9.97. The number of hydrogen-bond acceptors (Lipinski definition) is 4. The van der Waals surface area contributed by atoms with E-state index in [2.05, 4.69) is 15.5 Å². The van der Waals surface area contributed by atoms with Crippen molar-refractivity contribution in [2.75, 3.05) is 24.5 Å². The number of aromatic nitrogens is 3. The van der Waals surface area contributed by atoms with Crippen LogP contribution in [0.1, 0.15) is 31.7 Å². The fourth-order valence-electron chi connectivity index (χ4n) is 3.03. The highest BCUT2D eigenvalue weighted by molar-refractivity contribution is 5.79. The maximum absolute atomic E-state index is 13.0. The molecular formula is C16H20F3N5O. The normalized spacial score (nSPS) is 18.6. The minimum atomic E-state index is -4.43. The molecule has 1 fully saturated rings. The monoisotopic (exact) mass is 355 g/mol. The molecule has 2 aromatic rings. The Labute approximate surface area is 143 Å². The van der Waals surface area contributed by atoms with Crippen molar-refractivity contribution in [3.63, 3.8) is 0 Å². The molecule has 1 atom stereocenters. The molecule has 1 aliphatic heterocycles. The lowest BCUT2D eigenvalue weighted by Gasteiger charge is -2.32. The Kier molecular flexibility index (Phi) is 4.82. The first kappa shape index (κ1) is 17.5. The van der Waals surface area contributed by atoms with Crippen LogP contribution >= 0.6 is 0 Å². The van der Waals surface area contributed by atoms with Crippen LogP contribution in [-0.2, 0) is 11.0 Å². The van der Waals surface area contributed by atoms with Crippen molar-refractivity contribution in [2.45, 2.75) is 32.4 Å². The molecule has 3 heterocycles. The van der Waals surface area contributed by atoms with Gasteiger partial charge < -0.3 is 10.2 Å². The zero-order valence-corrected chi connectivity index (χ0v) is 13.9. The molecule has 2 aromatic heterocycles.